The van der Waals surface area contributed by atoms with Crippen LogP contribution in [0.2, 0.25) is 0 Å². The van der Waals surface area contributed by atoms with Crippen LogP contribution in [-0.4, -0.2) is 23.7 Å². The molecule has 0 aliphatic heterocycles. The summed E-state index contributed by atoms with van der Waals surface area (Å²) in [5.74, 6) is -0.457. The third-order valence-corrected chi connectivity index (χ3v) is 4.16. The number of nitrogens with zero attached hydrogens (tertiary/aromatic N) is 2. The predicted molar refractivity (Wildman–Crippen MR) is 108 cm³/mol. The van der Waals surface area contributed by atoms with Crippen LogP contribution in [0.5, 0.6) is 5.75 Å². The molecular formula is C21H19N3O4. The van der Waals surface area contributed by atoms with E-state index in [2.05, 4.69) is 10.5 Å². The highest BCUT2D eigenvalue weighted by Crippen LogP contribution is 2.28. The van der Waals surface area contributed by atoms with Gasteiger partial charge in [0.25, 0.3) is 5.91 Å². The van der Waals surface area contributed by atoms with Crippen LogP contribution in [-0.2, 0) is 11.2 Å². The molecule has 1 amide bonds. The SMILES string of the molecule is CCc1ccc(OCC(=O)N/N=C/c2ccc3ccccc3c2)c([N+](=O)[O-])c1. The lowest BCUT2D eigenvalue weighted by molar-refractivity contribution is -0.385. The number of rotatable bonds is 7. The van der Waals surface area contributed by atoms with E-state index in [1.54, 1.807) is 6.07 Å². The number of nitro groups is 1. The van der Waals surface area contributed by atoms with Gasteiger partial charge in [-0.05, 0) is 40.5 Å². The normalized spacial score (nSPS) is 10.9. The van der Waals surface area contributed by atoms with Crippen molar-refractivity contribution < 1.29 is 14.5 Å². The minimum atomic E-state index is -0.524. The number of hydrogen-bond acceptors (Lipinski definition) is 5. The zero-order chi connectivity index (χ0) is 19.9. The zero-order valence-corrected chi connectivity index (χ0v) is 15.3. The van der Waals surface area contributed by atoms with Gasteiger partial charge in [0.2, 0.25) is 0 Å². The van der Waals surface area contributed by atoms with Gasteiger partial charge < -0.3 is 4.74 Å². The Bertz CT molecular complexity index is 1050. The summed E-state index contributed by atoms with van der Waals surface area (Å²) in [6, 6.07) is 18.4. The molecule has 142 valence electrons. The van der Waals surface area contributed by atoms with Crippen LogP contribution in [0.3, 0.4) is 0 Å². The molecule has 7 heteroatoms. The summed E-state index contributed by atoms with van der Waals surface area (Å²) in [5, 5.41) is 17.3. The average molecular weight is 377 g/mol. The zero-order valence-electron chi connectivity index (χ0n) is 15.3. The summed E-state index contributed by atoms with van der Waals surface area (Å²) < 4.78 is 5.29. The fourth-order valence-corrected chi connectivity index (χ4v) is 2.69. The molecular weight excluding hydrogens is 358 g/mol. The maximum absolute atomic E-state index is 11.9. The average Bonchev–Trinajstić information content (AvgIpc) is 2.72. The summed E-state index contributed by atoms with van der Waals surface area (Å²) in [7, 11) is 0. The van der Waals surface area contributed by atoms with E-state index in [0.29, 0.717) is 6.42 Å². The molecule has 1 N–H and O–H groups in total. The molecule has 0 spiro atoms. The molecule has 28 heavy (non-hydrogen) atoms. The van der Waals surface area contributed by atoms with Crippen molar-refractivity contribution in [2.75, 3.05) is 6.61 Å². The molecule has 0 unspecified atom stereocenters. The smallest absolute Gasteiger partial charge is 0.311 e. The van der Waals surface area contributed by atoms with Gasteiger partial charge in [-0.25, -0.2) is 5.43 Å². The molecule has 0 atom stereocenters. The Kier molecular flexibility index (Phi) is 5.96. The highest BCUT2D eigenvalue weighted by molar-refractivity contribution is 5.90. The number of fused-ring (bicyclic) bond motifs is 1. The quantitative estimate of drug-likeness (QED) is 0.384. The molecule has 0 saturated heterocycles. The van der Waals surface area contributed by atoms with Crippen molar-refractivity contribution >= 4 is 28.6 Å². The van der Waals surface area contributed by atoms with Crippen LogP contribution < -0.4 is 10.2 Å². The predicted octanol–water partition coefficient (Wildman–Crippen LogP) is 3.84. The minimum absolute atomic E-state index is 0.0517. The fraction of sp³-hybridized carbons (Fsp3) is 0.143. The Balaban J connectivity index is 1.58. The van der Waals surface area contributed by atoms with Crippen molar-refractivity contribution in [1.29, 1.82) is 0 Å². The largest absolute Gasteiger partial charge is 0.477 e. The second-order valence-electron chi connectivity index (χ2n) is 6.10. The molecule has 0 saturated carbocycles. The van der Waals surface area contributed by atoms with Gasteiger partial charge in [0, 0.05) is 6.07 Å². The van der Waals surface area contributed by atoms with Crippen LogP contribution in [0.15, 0.2) is 65.8 Å². The molecule has 3 aromatic carbocycles. The van der Waals surface area contributed by atoms with Gasteiger partial charge in [-0.2, -0.15) is 5.10 Å². The first-order chi connectivity index (χ1) is 13.6. The molecule has 0 aromatic heterocycles. The molecule has 0 aliphatic carbocycles. The van der Waals surface area contributed by atoms with E-state index in [0.717, 1.165) is 21.9 Å². The maximum Gasteiger partial charge on any atom is 0.311 e. The van der Waals surface area contributed by atoms with Crippen molar-refractivity contribution in [2.45, 2.75) is 13.3 Å². The Morgan fingerprint density at radius 1 is 1.14 bits per heavy atom. The number of carbonyl (C=O) groups excluding carboxylic acids is 1. The van der Waals surface area contributed by atoms with E-state index >= 15 is 0 Å². The summed E-state index contributed by atoms with van der Waals surface area (Å²) in [6.07, 6.45) is 2.20. The van der Waals surface area contributed by atoms with Crippen LogP contribution in [0.4, 0.5) is 5.69 Å². The van der Waals surface area contributed by atoms with E-state index in [1.165, 1.54) is 18.3 Å². The van der Waals surface area contributed by atoms with E-state index in [4.69, 9.17) is 4.74 Å². The molecule has 0 heterocycles. The van der Waals surface area contributed by atoms with Crippen molar-refractivity contribution in [1.82, 2.24) is 5.43 Å². The summed E-state index contributed by atoms with van der Waals surface area (Å²) in [4.78, 5) is 22.5. The van der Waals surface area contributed by atoms with Crippen LogP contribution in [0, 0.1) is 10.1 Å². The molecule has 0 bridgehead atoms. The second kappa shape index (κ2) is 8.77. The first kappa shape index (κ1) is 19.0. The lowest BCUT2D eigenvalue weighted by atomic mass is 10.1. The number of aryl methyl sites for hydroxylation is 1. The Morgan fingerprint density at radius 2 is 1.93 bits per heavy atom. The Hall–Kier alpha value is -3.74. The highest BCUT2D eigenvalue weighted by atomic mass is 16.6. The lowest BCUT2D eigenvalue weighted by Crippen LogP contribution is -2.24. The summed E-state index contributed by atoms with van der Waals surface area (Å²) >= 11 is 0. The molecule has 0 fully saturated rings. The van der Waals surface area contributed by atoms with Gasteiger partial charge in [-0.1, -0.05) is 49.4 Å². The number of ether oxygens (including phenoxy) is 1. The molecule has 0 aliphatic rings. The van der Waals surface area contributed by atoms with E-state index in [1.807, 2.05) is 49.4 Å². The Labute approximate surface area is 161 Å². The van der Waals surface area contributed by atoms with Gasteiger partial charge in [0.05, 0.1) is 11.1 Å². The monoisotopic (exact) mass is 377 g/mol. The van der Waals surface area contributed by atoms with Gasteiger partial charge in [0.15, 0.2) is 12.4 Å². The van der Waals surface area contributed by atoms with Crippen molar-refractivity contribution in [3.8, 4) is 5.75 Å². The fourth-order valence-electron chi connectivity index (χ4n) is 2.69. The minimum Gasteiger partial charge on any atom is -0.477 e. The third kappa shape index (κ3) is 4.70. The number of nitro benzene ring substituents is 1. The van der Waals surface area contributed by atoms with Gasteiger partial charge in [-0.3, -0.25) is 14.9 Å². The van der Waals surface area contributed by atoms with Crippen LogP contribution in [0.1, 0.15) is 18.1 Å². The molecule has 7 nitrogen and oxygen atoms in total. The van der Waals surface area contributed by atoms with Crippen LogP contribution in [0.25, 0.3) is 10.8 Å². The summed E-state index contributed by atoms with van der Waals surface area (Å²) in [5.41, 5.74) is 3.86. The Morgan fingerprint density at radius 3 is 2.68 bits per heavy atom. The number of carbonyl (C=O) groups is 1. The maximum atomic E-state index is 11.9. The highest BCUT2D eigenvalue weighted by Gasteiger charge is 2.16. The lowest BCUT2D eigenvalue weighted by Gasteiger charge is -2.07. The first-order valence-electron chi connectivity index (χ1n) is 8.77. The second-order valence-corrected chi connectivity index (χ2v) is 6.10. The van der Waals surface area contributed by atoms with Gasteiger partial charge in [0.1, 0.15) is 0 Å². The van der Waals surface area contributed by atoms with E-state index < -0.39 is 10.8 Å². The van der Waals surface area contributed by atoms with E-state index in [-0.39, 0.29) is 18.0 Å². The number of nitrogens with one attached hydrogen (secondary N) is 1. The number of hydrogen-bond donors (Lipinski definition) is 1. The van der Waals surface area contributed by atoms with Crippen molar-refractivity contribution in [2.24, 2.45) is 5.10 Å². The summed E-state index contributed by atoms with van der Waals surface area (Å²) in [6.45, 7) is 1.53. The molecule has 3 rings (SSSR count). The van der Waals surface area contributed by atoms with Crippen LogP contribution >= 0.6 is 0 Å². The first-order valence-corrected chi connectivity index (χ1v) is 8.77. The van der Waals surface area contributed by atoms with Crippen molar-refractivity contribution in [3.63, 3.8) is 0 Å². The molecule has 3 aromatic rings. The topological polar surface area (TPSA) is 93.8 Å². The standard InChI is InChI=1S/C21H19N3O4/c1-2-15-8-10-20(19(12-15)24(26)27)28-14-21(25)23-22-13-16-7-9-17-5-3-4-6-18(17)11-16/h3-13H,2,14H2,1H3,(H,23,25)/b22-13+. The third-order valence-electron chi connectivity index (χ3n) is 4.16. The number of benzene rings is 3. The van der Waals surface area contributed by atoms with Gasteiger partial charge in [-0.15, -0.1) is 0 Å². The number of amides is 1. The van der Waals surface area contributed by atoms with Gasteiger partial charge >= 0.3 is 5.69 Å². The molecule has 0 radical (unpaired) electrons. The van der Waals surface area contributed by atoms with Crippen molar-refractivity contribution in [3.05, 3.63) is 81.9 Å². The number of hydrazone groups is 1. The van der Waals surface area contributed by atoms with E-state index in [9.17, 15) is 14.9 Å².